The van der Waals surface area contributed by atoms with Gasteiger partial charge in [0.15, 0.2) is 0 Å². The van der Waals surface area contributed by atoms with E-state index in [1.54, 1.807) is 0 Å². The number of fused-ring (bicyclic) bond motifs is 1. The molecule has 0 unspecified atom stereocenters. The number of anilines is 2. The molecule has 1 aliphatic heterocycles. The number of carbonyl (C=O) groups is 2. The predicted octanol–water partition coefficient (Wildman–Crippen LogP) is 3.87. The summed E-state index contributed by atoms with van der Waals surface area (Å²) in [6.07, 6.45) is 4.10. The average molecular weight is 348 g/mol. The van der Waals surface area contributed by atoms with Gasteiger partial charge in [0, 0.05) is 30.3 Å². The van der Waals surface area contributed by atoms with Crippen LogP contribution in [-0.2, 0) is 22.4 Å². The van der Waals surface area contributed by atoms with E-state index in [0.717, 1.165) is 43.6 Å². The summed E-state index contributed by atoms with van der Waals surface area (Å²) in [4.78, 5) is 26.6. The average Bonchev–Trinajstić information content (AvgIpc) is 3.41. The van der Waals surface area contributed by atoms with E-state index in [9.17, 15) is 9.59 Å². The van der Waals surface area contributed by atoms with Gasteiger partial charge in [-0.1, -0.05) is 35.9 Å². The minimum atomic E-state index is 0.00333. The number of amides is 2. The molecule has 1 N–H and O–H groups in total. The zero-order valence-electron chi connectivity index (χ0n) is 15.1. The molecule has 2 amide bonds. The minimum Gasteiger partial charge on any atom is -0.326 e. The fraction of sp³-hybridized carbons (Fsp3) is 0.364. The second-order valence-electron chi connectivity index (χ2n) is 7.39. The van der Waals surface area contributed by atoms with Gasteiger partial charge < -0.3 is 10.2 Å². The molecule has 2 aromatic rings. The smallest absolute Gasteiger partial charge is 0.230 e. The van der Waals surface area contributed by atoms with E-state index in [2.05, 4.69) is 36.5 Å². The molecule has 0 aromatic heterocycles. The number of hydrogen-bond acceptors (Lipinski definition) is 2. The number of aryl methyl sites for hydroxylation is 2. The molecule has 1 saturated carbocycles. The molecule has 0 bridgehead atoms. The first-order chi connectivity index (χ1) is 12.6. The van der Waals surface area contributed by atoms with Crippen molar-refractivity contribution in [2.45, 2.75) is 39.0 Å². The number of hydrogen-bond donors (Lipinski definition) is 1. The summed E-state index contributed by atoms with van der Waals surface area (Å²) in [5.41, 5.74) is 5.32. The van der Waals surface area contributed by atoms with Crippen LogP contribution in [0.25, 0.3) is 0 Å². The molecular weight excluding hydrogens is 324 g/mol. The summed E-state index contributed by atoms with van der Waals surface area (Å²) in [5, 5.41) is 2.98. The van der Waals surface area contributed by atoms with Crippen molar-refractivity contribution in [1.82, 2.24) is 0 Å². The van der Waals surface area contributed by atoms with Crippen molar-refractivity contribution in [3.05, 3.63) is 59.2 Å². The Morgan fingerprint density at radius 1 is 1.12 bits per heavy atom. The van der Waals surface area contributed by atoms with Crippen molar-refractivity contribution in [3.8, 4) is 0 Å². The van der Waals surface area contributed by atoms with Crippen LogP contribution < -0.4 is 10.2 Å². The van der Waals surface area contributed by atoms with Gasteiger partial charge in [0.05, 0.1) is 0 Å². The van der Waals surface area contributed by atoms with E-state index >= 15 is 0 Å². The van der Waals surface area contributed by atoms with Crippen LogP contribution in [0.1, 0.15) is 36.0 Å². The van der Waals surface area contributed by atoms with Crippen LogP contribution in [0.3, 0.4) is 0 Å². The molecule has 4 rings (SSSR count). The molecule has 0 atom stereocenters. The topological polar surface area (TPSA) is 49.4 Å². The maximum atomic E-state index is 12.4. The fourth-order valence-electron chi connectivity index (χ4n) is 3.47. The molecule has 4 heteroatoms. The number of nitrogens with zero attached hydrogens (tertiary/aromatic N) is 1. The monoisotopic (exact) mass is 348 g/mol. The van der Waals surface area contributed by atoms with Gasteiger partial charge in [-0.2, -0.15) is 0 Å². The number of carbonyl (C=O) groups excluding carboxylic acids is 2. The van der Waals surface area contributed by atoms with E-state index in [1.807, 2.05) is 23.1 Å². The second-order valence-corrected chi connectivity index (χ2v) is 7.39. The van der Waals surface area contributed by atoms with Crippen LogP contribution in [0.15, 0.2) is 42.5 Å². The minimum absolute atomic E-state index is 0.00333. The lowest BCUT2D eigenvalue weighted by Crippen LogP contribution is -2.30. The largest absolute Gasteiger partial charge is 0.326 e. The van der Waals surface area contributed by atoms with E-state index < -0.39 is 0 Å². The van der Waals surface area contributed by atoms with Gasteiger partial charge in [0.2, 0.25) is 11.8 Å². The summed E-state index contributed by atoms with van der Waals surface area (Å²) in [7, 11) is 0. The van der Waals surface area contributed by atoms with E-state index in [0.29, 0.717) is 6.42 Å². The van der Waals surface area contributed by atoms with Crippen LogP contribution in [0.2, 0.25) is 0 Å². The van der Waals surface area contributed by atoms with Crippen molar-refractivity contribution in [2.75, 3.05) is 16.8 Å². The van der Waals surface area contributed by atoms with Gasteiger partial charge in [-0.3, -0.25) is 9.59 Å². The molecule has 0 radical (unpaired) electrons. The molecule has 2 aromatic carbocycles. The lowest BCUT2D eigenvalue weighted by Gasteiger charge is -2.18. The SMILES string of the molecule is Cc1ccc(CCC(=O)Nc2ccc3c(c2)N(C(=O)C2CC2)CC3)cc1. The molecular formula is C22H24N2O2. The molecule has 1 heterocycles. The Bertz CT molecular complexity index is 838. The summed E-state index contributed by atoms with van der Waals surface area (Å²) in [6, 6.07) is 14.2. The van der Waals surface area contributed by atoms with Gasteiger partial charge in [-0.15, -0.1) is 0 Å². The van der Waals surface area contributed by atoms with E-state index in [1.165, 1.54) is 16.7 Å². The Morgan fingerprint density at radius 2 is 1.88 bits per heavy atom. The van der Waals surface area contributed by atoms with Crippen molar-refractivity contribution in [2.24, 2.45) is 5.92 Å². The molecule has 4 nitrogen and oxygen atoms in total. The maximum absolute atomic E-state index is 12.4. The van der Waals surface area contributed by atoms with Gasteiger partial charge in [-0.25, -0.2) is 0 Å². The Kier molecular flexibility index (Phi) is 4.49. The number of nitrogens with one attached hydrogen (secondary N) is 1. The molecule has 1 aliphatic carbocycles. The van der Waals surface area contributed by atoms with Crippen LogP contribution in [0, 0.1) is 12.8 Å². The zero-order chi connectivity index (χ0) is 18.1. The highest BCUT2D eigenvalue weighted by molar-refractivity contribution is 5.99. The van der Waals surface area contributed by atoms with E-state index in [-0.39, 0.29) is 17.7 Å². The van der Waals surface area contributed by atoms with Crippen LogP contribution >= 0.6 is 0 Å². The Balaban J connectivity index is 1.39. The normalized spacial score (nSPS) is 15.7. The van der Waals surface area contributed by atoms with Crippen molar-refractivity contribution >= 4 is 23.2 Å². The lowest BCUT2D eigenvalue weighted by atomic mass is 10.1. The third kappa shape index (κ3) is 3.64. The molecule has 1 fully saturated rings. The Labute approximate surface area is 154 Å². The zero-order valence-corrected chi connectivity index (χ0v) is 15.1. The number of benzene rings is 2. The molecule has 0 spiro atoms. The van der Waals surface area contributed by atoms with Crippen molar-refractivity contribution < 1.29 is 9.59 Å². The van der Waals surface area contributed by atoms with Gasteiger partial charge >= 0.3 is 0 Å². The van der Waals surface area contributed by atoms with Crippen LogP contribution in [0.5, 0.6) is 0 Å². The molecule has 2 aliphatic rings. The summed E-state index contributed by atoms with van der Waals surface area (Å²) < 4.78 is 0. The number of rotatable bonds is 5. The first-order valence-corrected chi connectivity index (χ1v) is 9.40. The lowest BCUT2D eigenvalue weighted by molar-refractivity contribution is -0.119. The molecule has 134 valence electrons. The van der Waals surface area contributed by atoms with Gasteiger partial charge in [-0.05, 0) is 55.9 Å². The Morgan fingerprint density at radius 3 is 2.62 bits per heavy atom. The first kappa shape index (κ1) is 16.8. The van der Waals surface area contributed by atoms with Gasteiger partial charge in [0.1, 0.15) is 0 Å². The summed E-state index contributed by atoms with van der Waals surface area (Å²) in [6.45, 7) is 2.82. The summed E-state index contributed by atoms with van der Waals surface area (Å²) in [5.74, 6) is 0.462. The molecule has 26 heavy (non-hydrogen) atoms. The first-order valence-electron chi connectivity index (χ1n) is 9.40. The van der Waals surface area contributed by atoms with Crippen LogP contribution in [0.4, 0.5) is 11.4 Å². The van der Waals surface area contributed by atoms with E-state index in [4.69, 9.17) is 0 Å². The van der Waals surface area contributed by atoms with Crippen molar-refractivity contribution in [3.63, 3.8) is 0 Å². The third-order valence-electron chi connectivity index (χ3n) is 5.22. The maximum Gasteiger partial charge on any atom is 0.230 e. The second kappa shape index (κ2) is 6.94. The highest BCUT2D eigenvalue weighted by Gasteiger charge is 2.36. The highest BCUT2D eigenvalue weighted by Crippen LogP contribution is 2.37. The van der Waals surface area contributed by atoms with Crippen molar-refractivity contribution in [1.29, 1.82) is 0 Å². The summed E-state index contributed by atoms with van der Waals surface area (Å²) >= 11 is 0. The highest BCUT2D eigenvalue weighted by atomic mass is 16.2. The third-order valence-corrected chi connectivity index (χ3v) is 5.22. The standard InChI is InChI=1S/C22H24N2O2/c1-15-2-4-16(5-3-15)6-11-21(25)23-19-10-9-17-12-13-24(20(17)14-19)22(26)18-7-8-18/h2-5,9-10,14,18H,6-8,11-13H2,1H3,(H,23,25). The predicted molar refractivity (Wildman–Crippen MR) is 103 cm³/mol. The Hall–Kier alpha value is -2.62. The molecule has 0 saturated heterocycles. The van der Waals surface area contributed by atoms with Gasteiger partial charge in [0.25, 0.3) is 0 Å². The quantitative estimate of drug-likeness (QED) is 0.892. The fourth-order valence-corrected chi connectivity index (χ4v) is 3.47. The van der Waals surface area contributed by atoms with Crippen LogP contribution in [-0.4, -0.2) is 18.4 Å².